The van der Waals surface area contributed by atoms with Crippen molar-refractivity contribution in [2.75, 3.05) is 0 Å². The first-order chi connectivity index (χ1) is 13.2. The van der Waals surface area contributed by atoms with E-state index in [-0.39, 0.29) is 15.6 Å². The first-order valence-electron chi connectivity index (χ1n) is 8.85. The van der Waals surface area contributed by atoms with Gasteiger partial charge in [0.05, 0.1) is 4.58 Å². The second kappa shape index (κ2) is 10.6. The number of carbonyl (C=O) groups is 1. The van der Waals surface area contributed by atoms with Crippen molar-refractivity contribution in [3.05, 3.63) is 91.0 Å². The molecule has 0 amide bonds. The molecule has 1 atom stereocenters. The molecule has 0 bridgehead atoms. The van der Waals surface area contributed by atoms with Crippen LogP contribution in [0.2, 0.25) is 0 Å². The molecular formula is C23H22OS3. The minimum atomic E-state index is 0.181. The van der Waals surface area contributed by atoms with Gasteiger partial charge in [-0.15, -0.1) is 35.3 Å². The molecule has 27 heavy (non-hydrogen) atoms. The van der Waals surface area contributed by atoms with Gasteiger partial charge in [-0.1, -0.05) is 54.6 Å². The summed E-state index contributed by atoms with van der Waals surface area (Å²) in [4.78, 5) is 15.7. The quantitative estimate of drug-likeness (QED) is 0.278. The van der Waals surface area contributed by atoms with E-state index in [0.29, 0.717) is 6.42 Å². The Morgan fingerprint density at radius 1 is 0.667 bits per heavy atom. The summed E-state index contributed by atoms with van der Waals surface area (Å²) in [6.07, 6.45) is 0.559. The maximum absolute atomic E-state index is 12.0. The van der Waals surface area contributed by atoms with E-state index in [1.165, 1.54) is 14.7 Å². The summed E-state index contributed by atoms with van der Waals surface area (Å²) in [5.74, 6) is 0.232. The van der Waals surface area contributed by atoms with Gasteiger partial charge in [0, 0.05) is 26.4 Å². The van der Waals surface area contributed by atoms with Gasteiger partial charge in [0.1, 0.15) is 5.78 Å². The second-order valence-electron chi connectivity index (χ2n) is 6.11. The molecule has 0 aliphatic heterocycles. The van der Waals surface area contributed by atoms with Gasteiger partial charge in [-0.25, -0.2) is 0 Å². The van der Waals surface area contributed by atoms with Gasteiger partial charge in [0.25, 0.3) is 0 Å². The molecule has 1 unspecified atom stereocenters. The molecule has 1 nitrogen and oxygen atoms in total. The van der Waals surface area contributed by atoms with Crippen LogP contribution < -0.4 is 0 Å². The van der Waals surface area contributed by atoms with Gasteiger partial charge in [-0.3, -0.25) is 4.79 Å². The second-order valence-corrected chi connectivity index (χ2v) is 10.1. The lowest BCUT2D eigenvalue weighted by molar-refractivity contribution is -0.116. The maximum atomic E-state index is 12.0. The first kappa shape index (κ1) is 20.1. The number of benzene rings is 3. The van der Waals surface area contributed by atoms with E-state index in [1.54, 1.807) is 18.7 Å². The van der Waals surface area contributed by atoms with Crippen molar-refractivity contribution in [3.63, 3.8) is 0 Å². The van der Waals surface area contributed by atoms with Crippen molar-refractivity contribution in [1.82, 2.24) is 0 Å². The monoisotopic (exact) mass is 410 g/mol. The SMILES string of the molecule is CC(=O)CC(Sc1ccccc1)C(Sc1ccccc1)Sc1ccccc1. The Balaban J connectivity index is 1.86. The fourth-order valence-electron chi connectivity index (χ4n) is 2.59. The van der Waals surface area contributed by atoms with E-state index in [2.05, 4.69) is 72.8 Å². The van der Waals surface area contributed by atoms with Crippen LogP contribution in [0.15, 0.2) is 106 Å². The predicted octanol–water partition coefficient (Wildman–Crippen LogP) is 7.04. The van der Waals surface area contributed by atoms with Gasteiger partial charge in [0.2, 0.25) is 0 Å². The highest BCUT2D eigenvalue weighted by Crippen LogP contribution is 2.44. The molecule has 0 saturated heterocycles. The molecular weight excluding hydrogens is 388 g/mol. The van der Waals surface area contributed by atoms with E-state index in [4.69, 9.17) is 0 Å². The van der Waals surface area contributed by atoms with Crippen LogP contribution in [0.5, 0.6) is 0 Å². The molecule has 0 aliphatic rings. The summed E-state index contributed by atoms with van der Waals surface area (Å²) in [6, 6.07) is 31.3. The molecule has 0 saturated carbocycles. The van der Waals surface area contributed by atoms with E-state index in [9.17, 15) is 4.79 Å². The first-order valence-corrected chi connectivity index (χ1v) is 11.5. The number of rotatable bonds is 9. The van der Waals surface area contributed by atoms with Crippen LogP contribution in [0.25, 0.3) is 0 Å². The van der Waals surface area contributed by atoms with Crippen LogP contribution in [0.4, 0.5) is 0 Å². The summed E-state index contributed by atoms with van der Waals surface area (Å²) in [6.45, 7) is 1.69. The molecule has 3 rings (SSSR count). The summed E-state index contributed by atoms with van der Waals surface area (Å²) in [5, 5.41) is 0.181. The van der Waals surface area contributed by atoms with E-state index >= 15 is 0 Å². The highest BCUT2D eigenvalue weighted by molar-refractivity contribution is 8.18. The minimum Gasteiger partial charge on any atom is -0.300 e. The fourth-order valence-corrected chi connectivity index (χ4v) is 6.87. The maximum Gasteiger partial charge on any atom is 0.131 e. The third kappa shape index (κ3) is 6.80. The van der Waals surface area contributed by atoms with E-state index in [0.717, 1.165) is 0 Å². The minimum absolute atomic E-state index is 0.181. The molecule has 3 aromatic rings. The largest absolute Gasteiger partial charge is 0.300 e. The highest BCUT2D eigenvalue weighted by Gasteiger charge is 2.26. The van der Waals surface area contributed by atoms with Gasteiger partial charge >= 0.3 is 0 Å². The summed E-state index contributed by atoms with van der Waals surface area (Å²) < 4.78 is 0.226. The Kier molecular flexibility index (Phi) is 7.93. The van der Waals surface area contributed by atoms with Gasteiger partial charge in [0.15, 0.2) is 0 Å². The Morgan fingerprint density at radius 3 is 1.41 bits per heavy atom. The third-order valence-electron chi connectivity index (χ3n) is 3.81. The lowest BCUT2D eigenvalue weighted by atomic mass is 10.2. The van der Waals surface area contributed by atoms with Crippen molar-refractivity contribution >= 4 is 41.1 Å². The van der Waals surface area contributed by atoms with Crippen LogP contribution in [0, 0.1) is 0 Å². The Hall–Kier alpha value is -1.62. The summed E-state index contributed by atoms with van der Waals surface area (Å²) in [7, 11) is 0. The number of ketones is 1. The van der Waals surface area contributed by atoms with E-state index in [1.807, 2.05) is 41.7 Å². The fraction of sp³-hybridized carbons (Fsp3) is 0.174. The molecule has 3 aromatic carbocycles. The standard InChI is InChI=1S/C23H22OS3/c1-18(24)17-22(25-19-11-5-2-6-12-19)23(26-20-13-7-3-8-14-20)27-21-15-9-4-10-16-21/h2-16,22-23H,17H2,1H3. The zero-order valence-electron chi connectivity index (χ0n) is 15.2. The van der Waals surface area contributed by atoms with Crippen molar-refractivity contribution in [2.24, 2.45) is 0 Å². The average molecular weight is 411 g/mol. The smallest absolute Gasteiger partial charge is 0.131 e. The molecule has 138 valence electrons. The number of Topliss-reactive ketones (excluding diaryl/α,β-unsaturated/α-hetero) is 1. The molecule has 0 N–H and O–H groups in total. The molecule has 0 aliphatic carbocycles. The molecule has 0 heterocycles. The number of thioether (sulfide) groups is 3. The summed E-state index contributed by atoms with van der Waals surface area (Å²) in [5.41, 5.74) is 0. The zero-order valence-corrected chi connectivity index (χ0v) is 17.6. The lowest BCUT2D eigenvalue weighted by Gasteiger charge is -2.25. The normalized spacial score (nSPS) is 12.1. The zero-order chi connectivity index (χ0) is 18.9. The summed E-state index contributed by atoms with van der Waals surface area (Å²) >= 11 is 5.49. The lowest BCUT2D eigenvalue weighted by Crippen LogP contribution is -2.20. The van der Waals surface area contributed by atoms with Gasteiger partial charge < -0.3 is 0 Å². The number of carbonyl (C=O) groups excluding carboxylic acids is 1. The molecule has 0 aromatic heterocycles. The van der Waals surface area contributed by atoms with Crippen LogP contribution in [0.3, 0.4) is 0 Å². The van der Waals surface area contributed by atoms with Crippen molar-refractivity contribution < 1.29 is 4.79 Å². The number of hydrogen-bond donors (Lipinski definition) is 0. The van der Waals surface area contributed by atoms with Crippen molar-refractivity contribution in [1.29, 1.82) is 0 Å². The molecule has 0 spiro atoms. The predicted molar refractivity (Wildman–Crippen MR) is 120 cm³/mol. The van der Waals surface area contributed by atoms with Gasteiger partial charge in [-0.2, -0.15) is 0 Å². The van der Waals surface area contributed by atoms with Crippen molar-refractivity contribution in [2.45, 2.75) is 37.9 Å². The van der Waals surface area contributed by atoms with Gasteiger partial charge in [-0.05, 0) is 43.3 Å². The van der Waals surface area contributed by atoms with Crippen LogP contribution in [-0.2, 0) is 4.79 Å². The third-order valence-corrected chi connectivity index (χ3v) is 8.23. The Bertz CT molecular complexity index is 781. The molecule has 4 heteroatoms. The Labute approximate surface area is 174 Å². The number of hydrogen-bond acceptors (Lipinski definition) is 4. The highest BCUT2D eigenvalue weighted by atomic mass is 32.2. The average Bonchev–Trinajstić information content (AvgIpc) is 2.69. The van der Waals surface area contributed by atoms with Crippen LogP contribution >= 0.6 is 35.3 Å². The van der Waals surface area contributed by atoms with Crippen LogP contribution in [0.1, 0.15) is 13.3 Å². The topological polar surface area (TPSA) is 17.1 Å². The van der Waals surface area contributed by atoms with Crippen LogP contribution in [-0.4, -0.2) is 15.6 Å². The van der Waals surface area contributed by atoms with Crippen molar-refractivity contribution in [3.8, 4) is 0 Å². The molecule has 0 fully saturated rings. The molecule has 0 radical (unpaired) electrons. The van der Waals surface area contributed by atoms with E-state index < -0.39 is 0 Å². The Morgan fingerprint density at radius 2 is 1.04 bits per heavy atom.